The molecule has 0 bridgehead atoms. The summed E-state index contributed by atoms with van der Waals surface area (Å²) in [6.07, 6.45) is 9.57. The monoisotopic (exact) mass is 593 g/mol. The van der Waals surface area contributed by atoms with Crippen LogP contribution in [0.15, 0.2) is 51.0 Å². The number of nitrogens with zero attached hydrogens (tertiary/aromatic N) is 2. The fourth-order valence-electron chi connectivity index (χ4n) is 5.75. The van der Waals surface area contributed by atoms with E-state index in [9.17, 15) is 4.79 Å². The predicted molar refractivity (Wildman–Crippen MR) is 151 cm³/mol. The SMILES string of the molecule is CCC1C(C(=O)NN2CCCCC2)C2=C(/C(=C/c3ccc(Br)s3)CCC2)N1c1ccc(Cl)cc1Cl. The van der Waals surface area contributed by atoms with Gasteiger partial charge >= 0.3 is 0 Å². The van der Waals surface area contributed by atoms with Gasteiger partial charge < -0.3 is 4.90 Å². The average Bonchev–Trinajstić information content (AvgIpc) is 3.40. The Kier molecular flexibility index (Phi) is 7.95. The van der Waals surface area contributed by atoms with Crippen LogP contribution in [0.5, 0.6) is 0 Å². The van der Waals surface area contributed by atoms with Crippen LogP contribution in [0.4, 0.5) is 5.69 Å². The van der Waals surface area contributed by atoms with Crippen LogP contribution in [0.2, 0.25) is 10.0 Å². The number of hydrazine groups is 1. The Morgan fingerprint density at radius 3 is 2.63 bits per heavy atom. The van der Waals surface area contributed by atoms with Gasteiger partial charge in [0.05, 0.1) is 20.4 Å². The van der Waals surface area contributed by atoms with Crippen molar-refractivity contribution in [3.63, 3.8) is 0 Å². The number of halogens is 3. The van der Waals surface area contributed by atoms with Gasteiger partial charge in [-0.3, -0.25) is 10.2 Å². The second-order valence-corrected chi connectivity index (χ2v) is 12.8. The highest BCUT2D eigenvalue weighted by Gasteiger charge is 2.46. The van der Waals surface area contributed by atoms with Gasteiger partial charge in [0.15, 0.2) is 0 Å². The molecule has 2 atom stereocenters. The number of anilines is 1. The minimum atomic E-state index is -0.206. The Morgan fingerprint density at radius 1 is 1.14 bits per heavy atom. The van der Waals surface area contributed by atoms with Gasteiger partial charge in [-0.15, -0.1) is 11.3 Å². The van der Waals surface area contributed by atoms with Crippen LogP contribution in [-0.4, -0.2) is 30.0 Å². The standard InChI is InChI=1S/C27H30BrCl2N3OS/c1-2-22-25(27(34)31-32-13-4-3-5-14-32)20-8-6-7-17(15-19-10-12-24(28)35-19)26(20)33(22)23-11-9-18(29)16-21(23)30/h9-12,15-16,22,25H,2-8,13-14H2,1H3,(H,31,34)/b17-15+. The van der Waals surface area contributed by atoms with E-state index in [1.807, 2.05) is 12.1 Å². The summed E-state index contributed by atoms with van der Waals surface area (Å²) < 4.78 is 1.11. The summed E-state index contributed by atoms with van der Waals surface area (Å²) in [5.41, 5.74) is 7.89. The molecule has 186 valence electrons. The Bertz CT molecular complexity index is 1170. The summed E-state index contributed by atoms with van der Waals surface area (Å²) in [6.45, 7) is 4.01. The maximum atomic E-state index is 13.8. The minimum Gasteiger partial charge on any atom is -0.336 e. The fourth-order valence-corrected chi connectivity index (χ4v) is 7.64. The maximum absolute atomic E-state index is 13.8. The highest BCUT2D eigenvalue weighted by Crippen LogP contribution is 2.50. The highest BCUT2D eigenvalue weighted by atomic mass is 79.9. The number of piperidine rings is 1. The van der Waals surface area contributed by atoms with Crippen molar-refractivity contribution in [3.8, 4) is 0 Å². The number of thiophene rings is 1. The molecule has 1 aromatic heterocycles. The van der Waals surface area contributed by atoms with Gasteiger partial charge in [0.1, 0.15) is 0 Å². The zero-order valence-electron chi connectivity index (χ0n) is 19.8. The van der Waals surface area contributed by atoms with Crippen molar-refractivity contribution in [1.82, 2.24) is 10.4 Å². The Balaban J connectivity index is 1.60. The number of rotatable bonds is 5. The summed E-state index contributed by atoms with van der Waals surface area (Å²) in [5.74, 6) is -0.0959. The number of hydrogen-bond donors (Lipinski definition) is 1. The van der Waals surface area contributed by atoms with Crippen molar-refractivity contribution in [2.24, 2.45) is 5.92 Å². The molecule has 1 aliphatic carbocycles. The van der Waals surface area contributed by atoms with Crippen LogP contribution in [0, 0.1) is 5.92 Å². The number of carbonyl (C=O) groups is 1. The molecule has 4 nitrogen and oxygen atoms in total. The van der Waals surface area contributed by atoms with Gasteiger partial charge in [-0.05, 0) is 102 Å². The van der Waals surface area contributed by atoms with Crippen molar-refractivity contribution in [3.05, 3.63) is 65.9 Å². The molecule has 8 heteroatoms. The highest BCUT2D eigenvalue weighted by molar-refractivity contribution is 9.11. The topological polar surface area (TPSA) is 35.6 Å². The van der Waals surface area contributed by atoms with E-state index in [4.69, 9.17) is 23.2 Å². The molecule has 1 saturated heterocycles. The number of carbonyl (C=O) groups excluding carboxylic acids is 1. The van der Waals surface area contributed by atoms with Crippen molar-refractivity contribution >= 4 is 68.1 Å². The van der Waals surface area contributed by atoms with E-state index in [0.717, 1.165) is 61.1 Å². The lowest BCUT2D eigenvalue weighted by Gasteiger charge is -2.34. The molecule has 2 unspecified atom stereocenters. The van der Waals surface area contributed by atoms with E-state index >= 15 is 0 Å². The molecule has 1 amide bonds. The van der Waals surface area contributed by atoms with Gasteiger partial charge in [-0.25, -0.2) is 5.01 Å². The smallest absolute Gasteiger partial charge is 0.243 e. The quantitative estimate of drug-likeness (QED) is 0.380. The van der Waals surface area contributed by atoms with Crippen LogP contribution >= 0.6 is 50.5 Å². The second kappa shape index (κ2) is 11.0. The third-order valence-electron chi connectivity index (χ3n) is 7.24. The second-order valence-electron chi connectivity index (χ2n) is 9.48. The fraction of sp³-hybridized carbons (Fsp3) is 0.444. The Labute approximate surface area is 230 Å². The normalized spacial score (nSPS) is 24.2. The average molecular weight is 595 g/mol. The van der Waals surface area contributed by atoms with Crippen LogP contribution < -0.4 is 10.3 Å². The lowest BCUT2D eigenvalue weighted by molar-refractivity contribution is -0.129. The van der Waals surface area contributed by atoms with Crippen LogP contribution in [0.1, 0.15) is 56.7 Å². The third kappa shape index (κ3) is 5.24. The van der Waals surface area contributed by atoms with Gasteiger partial charge in [-0.2, -0.15) is 0 Å². The summed E-state index contributed by atoms with van der Waals surface area (Å²) in [4.78, 5) is 17.4. The maximum Gasteiger partial charge on any atom is 0.243 e. The third-order valence-corrected chi connectivity index (χ3v) is 9.35. The number of benzene rings is 1. The molecule has 2 aromatic rings. The predicted octanol–water partition coefficient (Wildman–Crippen LogP) is 8.07. The van der Waals surface area contributed by atoms with Gasteiger partial charge in [0.2, 0.25) is 5.91 Å². The van der Waals surface area contributed by atoms with Crippen molar-refractivity contribution in [2.75, 3.05) is 18.0 Å². The molecular weight excluding hydrogens is 565 g/mol. The molecule has 0 spiro atoms. The van der Waals surface area contributed by atoms with Gasteiger partial charge in [0.25, 0.3) is 0 Å². The molecule has 0 radical (unpaired) electrons. The van der Waals surface area contributed by atoms with Crippen molar-refractivity contribution in [2.45, 2.75) is 57.9 Å². The number of amides is 1. The molecular formula is C27H30BrCl2N3OS. The Hall–Kier alpha value is -1.31. The summed E-state index contributed by atoms with van der Waals surface area (Å²) >= 11 is 18.4. The molecule has 3 aliphatic rings. The summed E-state index contributed by atoms with van der Waals surface area (Å²) in [5, 5.41) is 3.34. The molecule has 35 heavy (non-hydrogen) atoms. The van der Waals surface area contributed by atoms with Crippen LogP contribution in [0.25, 0.3) is 6.08 Å². The van der Waals surface area contributed by atoms with Crippen LogP contribution in [-0.2, 0) is 4.79 Å². The summed E-state index contributed by atoms with van der Waals surface area (Å²) in [6, 6.07) is 9.91. The lowest BCUT2D eigenvalue weighted by Crippen LogP contribution is -2.50. The van der Waals surface area contributed by atoms with E-state index in [-0.39, 0.29) is 17.9 Å². The zero-order chi connectivity index (χ0) is 24.5. The zero-order valence-corrected chi connectivity index (χ0v) is 23.7. The Morgan fingerprint density at radius 2 is 1.94 bits per heavy atom. The number of allylic oxidation sites excluding steroid dienone is 1. The number of nitrogens with one attached hydrogen (secondary N) is 1. The van der Waals surface area contributed by atoms with E-state index in [2.05, 4.69) is 56.4 Å². The van der Waals surface area contributed by atoms with E-state index in [0.29, 0.717) is 10.0 Å². The number of hydrogen-bond acceptors (Lipinski definition) is 4. The first-order chi connectivity index (χ1) is 17.0. The largest absolute Gasteiger partial charge is 0.336 e. The molecule has 3 heterocycles. The van der Waals surface area contributed by atoms with Gasteiger partial charge in [-0.1, -0.05) is 36.5 Å². The molecule has 1 N–H and O–H groups in total. The molecule has 2 aliphatic heterocycles. The van der Waals surface area contributed by atoms with E-state index in [1.165, 1.54) is 28.1 Å². The van der Waals surface area contributed by atoms with Crippen LogP contribution in [0.3, 0.4) is 0 Å². The van der Waals surface area contributed by atoms with E-state index in [1.54, 1.807) is 17.4 Å². The first kappa shape index (κ1) is 25.3. The first-order valence-corrected chi connectivity index (χ1v) is 14.8. The van der Waals surface area contributed by atoms with E-state index < -0.39 is 0 Å². The van der Waals surface area contributed by atoms with Gasteiger partial charge in [0, 0.05) is 34.7 Å². The molecule has 0 saturated carbocycles. The summed E-state index contributed by atoms with van der Waals surface area (Å²) in [7, 11) is 0. The van der Waals surface area contributed by atoms with Crippen molar-refractivity contribution < 1.29 is 4.79 Å². The molecule has 1 fully saturated rings. The molecule has 5 rings (SSSR count). The molecule has 1 aromatic carbocycles. The minimum absolute atomic E-state index is 0.0000351. The first-order valence-electron chi connectivity index (χ1n) is 12.5. The lowest BCUT2D eigenvalue weighted by atomic mass is 9.84. The van der Waals surface area contributed by atoms with Crippen molar-refractivity contribution in [1.29, 1.82) is 0 Å².